The standard InChI is InChI=1S/C25H19FN2O7S2/c1-34-21-13-16(7-12-20(21)35-37(32,33)19-5-3-2-4-6-19)14-22-24(30)28(25(31)36-22)15-23(29)27-18-10-8-17(26)9-11-18/h2-14H,15H2,1H3,(H,27,29). The van der Waals surface area contributed by atoms with Crippen LogP contribution in [0.3, 0.4) is 0 Å². The normalized spacial score (nSPS) is 14.6. The fourth-order valence-corrected chi connectivity index (χ4v) is 5.06. The van der Waals surface area contributed by atoms with E-state index in [2.05, 4.69) is 5.32 Å². The monoisotopic (exact) mass is 542 g/mol. The Morgan fingerprint density at radius 2 is 1.73 bits per heavy atom. The second kappa shape index (κ2) is 10.8. The molecule has 12 heteroatoms. The summed E-state index contributed by atoms with van der Waals surface area (Å²) in [5.41, 5.74) is 0.750. The molecular formula is C25H19FN2O7S2. The zero-order valence-electron chi connectivity index (χ0n) is 19.2. The number of methoxy groups -OCH3 is 1. The molecule has 1 N–H and O–H groups in total. The van der Waals surface area contributed by atoms with Gasteiger partial charge in [-0.15, -0.1) is 0 Å². The number of ether oxygens (including phenoxy) is 1. The van der Waals surface area contributed by atoms with Gasteiger partial charge in [-0.25, -0.2) is 4.39 Å². The molecule has 0 radical (unpaired) electrons. The van der Waals surface area contributed by atoms with Gasteiger partial charge in [0.1, 0.15) is 17.3 Å². The Balaban J connectivity index is 1.48. The van der Waals surface area contributed by atoms with Gasteiger partial charge in [-0.1, -0.05) is 24.3 Å². The fourth-order valence-electron chi connectivity index (χ4n) is 3.26. The lowest BCUT2D eigenvalue weighted by molar-refractivity contribution is -0.127. The average molecular weight is 543 g/mol. The number of thioether (sulfide) groups is 1. The Bertz CT molecular complexity index is 1490. The van der Waals surface area contributed by atoms with Crippen LogP contribution in [0.4, 0.5) is 14.9 Å². The Morgan fingerprint density at radius 1 is 1.03 bits per heavy atom. The lowest BCUT2D eigenvalue weighted by atomic mass is 10.2. The van der Waals surface area contributed by atoms with Crippen LogP contribution in [0, 0.1) is 5.82 Å². The van der Waals surface area contributed by atoms with Crippen molar-refractivity contribution >= 4 is 50.7 Å². The maximum absolute atomic E-state index is 13.0. The maximum Gasteiger partial charge on any atom is 0.339 e. The topological polar surface area (TPSA) is 119 Å². The second-order valence-electron chi connectivity index (χ2n) is 7.58. The highest BCUT2D eigenvalue weighted by Crippen LogP contribution is 2.35. The Kier molecular flexibility index (Phi) is 7.60. The number of imide groups is 1. The quantitative estimate of drug-likeness (QED) is 0.331. The van der Waals surface area contributed by atoms with Gasteiger partial charge in [0.2, 0.25) is 5.91 Å². The van der Waals surface area contributed by atoms with E-state index in [0.29, 0.717) is 23.0 Å². The van der Waals surface area contributed by atoms with Crippen LogP contribution in [-0.2, 0) is 19.7 Å². The first-order valence-electron chi connectivity index (χ1n) is 10.6. The van der Waals surface area contributed by atoms with Gasteiger partial charge in [-0.3, -0.25) is 19.3 Å². The van der Waals surface area contributed by atoms with Crippen LogP contribution < -0.4 is 14.2 Å². The number of benzene rings is 3. The summed E-state index contributed by atoms with van der Waals surface area (Å²) in [7, 11) is -2.77. The van der Waals surface area contributed by atoms with E-state index in [4.69, 9.17) is 8.92 Å². The average Bonchev–Trinajstić information content (AvgIpc) is 3.14. The number of anilines is 1. The number of hydrogen-bond acceptors (Lipinski definition) is 8. The van der Waals surface area contributed by atoms with Crippen LogP contribution >= 0.6 is 11.8 Å². The molecule has 0 spiro atoms. The molecule has 3 aromatic rings. The number of nitrogens with zero attached hydrogens (tertiary/aromatic N) is 1. The largest absolute Gasteiger partial charge is 0.493 e. The molecule has 3 amide bonds. The van der Waals surface area contributed by atoms with Crippen molar-refractivity contribution in [1.82, 2.24) is 4.90 Å². The lowest BCUT2D eigenvalue weighted by Crippen LogP contribution is -2.36. The van der Waals surface area contributed by atoms with Crippen molar-refractivity contribution in [2.75, 3.05) is 19.0 Å². The molecule has 1 aliphatic heterocycles. The number of rotatable bonds is 8. The highest BCUT2D eigenvalue weighted by molar-refractivity contribution is 8.18. The van der Waals surface area contributed by atoms with Crippen LogP contribution in [-0.4, -0.2) is 44.0 Å². The Labute approximate surface area is 216 Å². The second-order valence-corrected chi connectivity index (χ2v) is 10.1. The molecule has 190 valence electrons. The molecule has 0 unspecified atom stereocenters. The summed E-state index contributed by atoms with van der Waals surface area (Å²) in [6.07, 6.45) is 1.42. The predicted molar refractivity (Wildman–Crippen MR) is 135 cm³/mol. The number of carbonyl (C=O) groups is 3. The van der Waals surface area contributed by atoms with Crippen molar-refractivity contribution in [3.05, 3.63) is 89.1 Å². The minimum Gasteiger partial charge on any atom is -0.493 e. The van der Waals surface area contributed by atoms with Gasteiger partial charge >= 0.3 is 10.1 Å². The lowest BCUT2D eigenvalue weighted by Gasteiger charge is -2.12. The highest BCUT2D eigenvalue weighted by Gasteiger charge is 2.36. The smallest absolute Gasteiger partial charge is 0.339 e. The van der Waals surface area contributed by atoms with Gasteiger partial charge in [0.15, 0.2) is 11.5 Å². The van der Waals surface area contributed by atoms with Crippen molar-refractivity contribution in [1.29, 1.82) is 0 Å². The van der Waals surface area contributed by atoms with Crippen LogP contribution in [0.2, 0.25) is 0 Å². The predicted octanol–water partition coefficient (Wildman–Crippen LogP) is 4.28. The molecule has 0 saturated carbocycles. The summed E-state index contributed by atoms with van der Waals surface area (Å²) >= 11 is 0.653. The Morgan fingerprint density at radius 3 is 2.41 bits per heavy atom. The highest BCUT2D eigenvalue weighted by atomic mass is 32.2. The van der Waals surface area contributed by atoms with E-state index in [1.165, 1.54) is 67.8 Å². The van der Waals surface area contributed by atoms with E-state index in [1.807, 2.05) is 0 Å². The molecule has 4 rings (SSSR count). The molecule has 9 nitrogen and oxygen atoms in total. The zero-order chi connectivity index (χ0) is 26.6. The number of amides is 3. The first kappa shape index (κ1) is 25.9. The molecule has 0 aromatic heterocycles. The summed E-state index contributed by atoms with van der Waals surface area (Å²) < 4.78 is 48.6. The molecular weight excluding hydrogens is 523 g/mol. The van der Waals surface area contributed by atoms with Gasteiger partial charge < -0.3 is 14.2 Å². The fraction of sp³-hybridized carbons (Fsp3) is 0.0800. The number of carbonyl (C=O) groups excluding carboxylic acids is 3. The third-order valence-corrected chi connectivity index (χ3v) is 7.18. The van der Waals surface area contributed by atoms with Crippen LogP contribution in [0.25, 0.3) is 6.08 Å². The number of nitrogens with one attached hydrogen (secondary N) is 1. The molecule has 3 aromatic carbocycles. The van der Waals surface area contributed by atoms with Crippen LogP contribution in [0.15, 0.2) is 82.6 Å². The Hall–Kier alpha value is -4.16. The summed E-state index contributed by atoms with van der Waals surface area (Å²) in [4.78, 5) is 38.3. The van der Waals surface area contributed by atoms with E-state index < -0.39 is 39.5 Å². The van der Waals surface area contributed by atoms with Gasteiger partial charge in [-0.2, -0.15) is 8.42 Å². The van der Waals surface area contributed by atoms with E-state index in [-0.39, 0.29) is 21.3 Å². The van der Waals surface area contributed by atoms with Crippen molar-refractivity contribution in [2.45, 2.75) is 4.90 Å². The minimum atomic E-state index is -4.10. The molecule has 37 heavy (non-hydrogen) atoms. The van der Waals surface area contributed by atoms with Gasteiger partial charge in [0, 0.05) is 5.69 Å². The van der Waals surface area contributed by atoms with Gasteiger partial charge in [0.05, 0.1) is 12.0 Å². The first-order chi connectivity index (χ1) is 17.7. The van der Waals surface area contributed by atoms with Crippen molar-refractivity contribution in [3.8, 4) is 11.5 Å². The SMILES string of the molecule is COc1cc(C=C2SC(=O)N(CC(=O)Nc3ccc(F)cc3)C2=O)ccc1OS(=O)(=O)c1ccccc1. The molecule has 1 aliphatic rings. The van der Waals surface area contributed by atoms with Crippen LogP contribution in [0.1, 0.15) is 5.56 Å². The maximum atomic E-state index is 13.0. The molecule has 1 heterocycles. The molecule has 1 fully saturated rings. The van der Waals surface area contributed by atoms with E-state index >= 15 is 0 Å². The van der Waals surface area contributed by atoms with E-state index in [1.54, 1.807) is 18.2 Å². The van der Waals surface area contributed by atoms with E-state index in [9.17, 15) is 27.2 Å². The minimum absolute atomic E-state index is 0.0294. The first-order valence-corrected chi connectivity index (χ1v) is 12.9. The van der Waals surface area contributed by atoms with Crippen molar-refractivity contribution in [2.24, 2.45) is 0 Å². The zero-order valence-corrected chi connectivity index (χ0v) is 20.8. The third-order valence-electron chi connectivity index (χ3n) is 5.02. The molecule has 0 bridgehead atoms. The number of hydrogen-bond donors (Lipinski definition) is 1. The van der Waals surface area contributed by atoms with Gasteiger partial charge in [0.25, 0.3) is 11.1 Å². The third kappa shape index (κ3) is 6.16. The molecule has 0 atom stereocenters. The van der Waals surface area contributed by atoms with Gasteiger partial charge in [-0.05, 0) is 71.9 Å². The van der Waals surface area contributed by atoms with Crippen molar-refractivity contribution in [3.63, 3.8) is 0 Å². The summed E-state index contributed by atoms with van der Waals surface area (Å²) in [6, 6.07) is 16.9. The number of halogens is 1. The molecule has 1 saturated heterocycles. The van der Waals surface area contributed by atoms with Crippen molar-refractivity contribution < 1.29 is 36.1 Å². The summed E-state index contributed by atoms with van der Waals surface area (Å²) in [6.45, 7) is -0.521. The van der Waals surface area contributed by atoms with E-state index in [0.717, 1.165) is 4.90 Å². The summed E-state index contributed by atoms with van der Waals surface area (Å²) in [5.74, 6) is -1.74. The summed E-state index contributed by atoms with van der Waals surface area (Å²) in [5, 5.41) is 1.86. The molecule has 0 aliphatic carbocycles. The van der Waals surface area contributed by atoms with Crippen LogP contribution in [0.5, 0.6) is 11.5 Å².